The third kappa shape index (κ3) is 4.43. The third-order valence-corrected chi connectivity index (χ3v) is 5.51. The second-order valence-electron chi connectivity index (χ2n) is 5.32. The van der Waals surface area contributed by atoms with Crippen LogP contribution in [-0.4, -0.2) is 34.0 Å². The van der Waals surface area contributed by atoms with Gasteiger partial charge in [0.25, 0.3) is 0 Å². The lowest BCUT2D eigenvalue weighted by Crippen LogP contribution is -2.32. The molecule has 0 aliphatic carbocycles. The van der Waals surface area contributed by atoms with Crippen LogP contribution in [0.25, 0.3) is 0 Å². The summed E-state index contributed by atoms with van der Waals surface area (Å²) in [6, 6.07) is 10.1. The van der Waals surface area contributed by atoms with Crippen LogP contribution >= 0.6 is 23.1 Å². The minimum absolute atomic E-state index is 0.0284. The van der Waals surface area contributed by atoms with E-state index in [2.05, 4.69) is 16.8 Å². The van der Waals surface area contributed by atoms with Gasteiger partial charge in [-0.15, -0.1) is 23.0 Å². The highest BCUT2D eigenvalue weighted by Gasteiger charge is 2.37. The molecule has 0 radical (unpaired) electrons. The number of thiophene rings is 1. The molecule has 3 rings (SSSR count). The van der Waals surface area contributed by atoms with E-state index in [9.17, 15) is 9.18 Å². The van der Waals surface area contributed by atoms with Crippen molar-refractivity contribution in [3.63, 3.8) is 0 Å². The molecule has 2 heterocycles. The van der Waals surface area contributed by atoms with Crippen LogP contribution in [0.5, 0.6) is 0 Å². The van der Waals surface area contributed by atoms with E-state index in [1.165, 1.54) is 23.9 Å². The number of hydrogen-bond acceptors (Lipinski definition) is 5. The number of halogens is 1. The number of carbonyl (C=O) groups is 1. The lowest BCUT2D eigenvalue weighted by molar-refractivity contribution is -0.125. The highest BCUT2D eigenvalue weighted by molar-refractivity contribution is 8.15. The quantitative estimate of drug-likeness (QED) is 0.437. The van der Waals surface area contributed by atoms with Gasteiger partial charge in [-0.05, 0) is 35.6 Å². The first-order valence-corrected chi connectivity index (χ1v) is 9.41. The fourth-order valence-electron chi connectivity index (χ4n) is 2.35. The molecule has 1 unspecified atom stereocenters. The van der Waals surface area contributed by atoms with Gasteiger partial charge < -0.3 is 0 Å². The summed E-state index contributed by atoms with van der Waals surface area (Å²) in [7, 11) is 0. The van der Waals surface area contributed by atoms with Crippen LogP contribution in [0.2, 0.25) is 0 Å². The number of carbonyl (C=O) groups excluding carboxylic acids is 1. The van der Waals surface area contributed by atoms with Crippen molar-refractivity contribution in [2.45, 2.75) is 11.7 Å². The SMILES string of the molecule is C=CCN1C(=O)C(Cc2ccc(F)cc2)S/C1=N/N=C/c1cccs1. The van der Waals surface area contributed by atoms with Gasteiger partial charge in [0.15, 0.2) is 5.17 Å². The molecule has 1 aliphatic rings. The zero-order valence-electron chi connectivity index (χ0n) is 13.3. The zero-order chi connectivity index (χ0) is 17.6. The lowest BCUT2D eigenvalue weighted by atomic mass is 10.1. The molecule has 4 nitrogen and oxygen atoms in total. The van der Waals surface area contributed by atoms with Gasteiger partial charge in [0.05, 0.1) is 11.5 Å². The molecule has 1 aliphatic heterocycles. The Bertz CT molecular complexity index is 800. The summed E-state index contributed by atoms with van der Waals surface area (Å²) >= 11 is 2.95. The van der Waals surface area contributed by atoms with Gasteiger partial charge in [0, 0.05) is 11.4 Å². The van der Waals surface area contributed by atoms with Gasteiger partial charge in [0.2, 0.25) is 5.91 Å². The maximum Gasteiger partial charge on any atom is 0.242 e. The number of nitrogens with zero attached hydrogens (tertiary/aromatic N) is 3. The standard InChI is InChI=1S/C18H16FN3OS2/c1-2-9-22-17(23)16(11-13-5-7-14(19)8-6-13)25-18(22)21-20-12-15-4-3-10-24-15/h2-8,10,12,16H,1,9,11H2/b20-12+,21-18+. The first-order valence-electron chi connectivity index (χ1n) is 7.65. The predicted molar refractivity (Wildman–Crippen MR) is 103 cm³/mol. The van der Waals surface area contributed by atoms with Crippen LogP contribution < -0.4 is 0 Å². The molecule has 1 saturated heterocycles. The van der Waals surface area contributed by atoms with Crippen LogP contribution in [0, 0.1) is 5.82 Å². The van der Waals surface area contributed by atoms with Crippen LogP contribution in [0.3, 0.4) is 0 Å². The van der Waals surface area contributed by atoms with E-state index in [0.29, 0.717) is 18.1 Å². The Hall–Kier alpha value is -2.25. The summed E-state index contributed by atoms with van der Waals surface area (Å²) in [5.74, 6) is -0.313. The average molecular weight is 373 g/mol. The molecule has 0 bridgehead atoms. The highest BCUT2D eigenvalue weighted by Crippen LogP contribution is 2.30. The molecule has 25 heavy (non-hydrogen) atoms. The Kier molecular flexibility index (Phi) is 5.78. The van der Waals surface area contributed by atoms with Gasteiger partial charge in [-0.2, -0.15) is 5.10 Å². The molecule has 1 fully saturated rings. The lowest BCUT2D eigenvalue weighted by Gasteiger charge is -2.12. The van der Waals surface area contributed by atoms with Crippen molar-refractivity contribution >= 4 is 40.4 Å². The van der Waals surface area contributed by atoms with Crippen molar-refractivity contribution in [1.82, 2.24) is 4.90 Å². The summed E-state index contributed by atoms with van der Waals surface area (Å²) in [5.41, 5.74) is 0.911. The van der Waals surface area contributed by atoms with Crippen molar-refractivity contribution in [2.24, 2.45) is 10.2 Å². The largest absolute Gasteiger partial charge is 0.285 e. The minimum Gasteiger partial charge on any atom is -0.285 e. The maximum absolute atomic E-state index is 13.0. The second kappa shape index (κ2) is 8.22. The van der Waals surface area contributed by atoms with Crippen LogP contribution in [0.4, 0.5) is 4.39 Å². The molecule has 1 atom stereocenters. The molecule has 1 aromatic heterocycles. The number of thioether (sulfide) groups is 1. The van der Waals surface area contributed by atoms with E-state index in [1.54, 1.807) is 40.7 Å². The Labute approximate surface area is 153 Å². The molecular weight excluding hydrogens is 357 g/mol. The van der Waals surface area contributed by atoms with Gasteiger partial charge in [0.1, 0.15) is 5.82 Å². The predicted octanol–water partition coefficient (Wildman–Crippen LogP) is 3.95. The highest BCUT2D eigenvalue weighted by atomic mass is 32.2. The molecule has 1 aromatic carbocycles. The van der Waals surface area contributed by atoms with Crippen molar-refractivity contribution in [1.29, 1.82) is 0 Å². The zero-order valence-corrected chi connectivity index (χ0v) is 15.0. The van der Waals surface area contributed by atoms with Gasteiger partial charge >= 0.3 is 0 Å². The molecular formula is C18H16FN3OS2. The molecule has 2 aromatic rings. The molecule has 0 saturated carbocycles. The Balaban J connectivity index is 1.74. The van der Waals surface area contributed by atoms with Crippen molar-refractivity contribution in [2.75, 3.05) is 6.54 Å². The van der Waals surface area contributed by atoms with E-state index in [1.807, 2.05) is 17.5 Å². The summed E-state index contributed by atoms with van der Waals surface area (Å²) < 4.78 is 13.0. The van der Waals surface area contributed by atoms with Crippen molar-refractivity contribution < 1.29 is 9.18 Å². The van der Waals surface area contributed by atoms with E-state index >= 15 is 0 Å². The molecule has 128 valence electrons. The van der Waals surface area contributed by atoms with E-state index in [4.69, 9.17) is 0 Å². The smallest absolute Gasteiger partial charge is 0.242 e. The van der Waals surface area contributed by atoms with Crippen molar-refractivity contribution in [3.8, 4) is 0 Å². The molecule has 0 N–H and O–H groups in total. The Morgan fingerprint density at radius 2 is 2.08 bits per heavy atom. The fraction of sp³-hybridized carbons (Fsp3) is 0.167. The summed E-state index contributed by atoms with van der Waals surface area (Å²) in [6.07, 6.45) is 3.85. The van der Waals surface area contributed by atoms with Crippen LogP contribution in [0.1, 0.15) is 10.4 Å². The van der Waals surface area contributed by atoms with Gasteiger partial charge in [-0.1, -0.05) is 36.0 Å². The molecule has 0 spiro atoms. The topological polar surface area (TPSA) is 45.0 Å². The van der Waals surface area contributed by atoms with Crippen LogP contribution in [0.15, 0.2) is 64.6 Å². The number of hydrogen-bond donors (Lipinski definition) is 0. The summed E-state index contributed by atoms with van der Waals surface area (Å²) in [6.45, 7) is 4.08. The van der Waals surface area contributed by atoms with E-state index in [-0.39, 0.29) is 17.0 Å². The first kappa shape index (κ1) is 17.6. The first-order chi connectivity index (χ1) is 12.2. The van der Waals surface area contributed by atoms with E-state index < -0.39 is 0 Å². The number of amides is 1. The average Bonchev–Trinajstić information content (AvgIpc) is 3.21. The Morgan fingerprint density at radius 1 is 1.28 bits per heavy atom. The summed E-state index contributed by atoms with van der Waals surface area (Å²) in [5, 5.41) is 10.5. The monoisotopic (exact) mass is 373 g/mol. The van der Waals surface area contributed by atoms with Crippen LogP contribution in [-0.2, 0) is 11.2 Å². The van der Waals surface area contributed by atoms with Crippen molar-refractivity contribution in [3.05, 3.63) is 70.7 Å². The normalized spacial score (nSPS) is 19.2. The molecule has 1 amide bonds. The van der Waals surface area contributed by atoms with E-state index in [0.717, 1.165) is 10.4 Å². The number of amidine groups is 1. The minimum atomic E-state index is -0.291. The van der Waals surface area contributed by atoms with Gasteiger partial charge in [-0.3, -0.25) is 9.69 Å². The third-order valence-electron chi connectivity index (χ3n) is 3.54. The van der Waals surface area contributed by atoms with Gasteiger partial charge in [-0.25, -0.2) is 4.39 Å². The Morgan fingerprint density at radius 3 is 2.76 bits per heavy atom. The number of benzene rings is 1. The number of rotatable bonds is 6. The fourth-order valence-corrected chi connectivity index (χ4v) is 4.07. The second-order valence-corrected chi connectivity index (χ2v) is 7.47. The summed E-state index contributed by atoms with van der Waals surface area (Å²) in [4.78, 5) is 15.2. The molecule has 7 heteroatoms. The maximum atomic E-state index is 13.0.